The molecule has 1 amide bonds. The fraction of sp³-hybridized carbons (Fsp3) is 0.444. The fourth-order valence-corrected chi connectivity index (χ4v) is 2.96. The number of nitrogens with zero attached hydrogens (tertiary/aromatic N) is 1. The summed E-state index contributed by atoms with van der Waals surface area (Å²) in [5.74, 6) is -0.0890. The summed E-state index contributed by atoms with van der Waals surface area (Å²) in [7, 11) is 0. The zero-order valence-corrected chi connectivity index (χ0v) is 12.8. The topological polar surface area (TPSA) is 51.2 Å². The van der Waals surface area contributed by atoms with E-state index < -0.39 is 0 Å². The summed E-state index contributed by atoms with van der Waals surface area (Å²) in [6.07, 6.45) is 7.68. The molecular weight excluding hydrogens is 276 g/mol. The first kappa shape index (κ1) is 15.0. The Morgan fingerprint density at radius 1 is 1.27 bits per heavy atom. The molecule has 4 heteroatoms. The van der Waals surface area contributed by atoms with Crippen molar-refractivity contribution in [1.29, 1.82) is 0 Å². The van der Waals surface area contributed by atoms with E-state index in [0.717, 1.165) is 36.6 Å². The van der Waals surface area contributed by atoms with Crippen molar-refractivity contribution in [2.24, 2.45) is 0 Å². The molecule has 1 N–H and O–H groups in total. The Hall–Kier alpha value is -1.94. The van der Waals surface area contributed by atoms with Crippen molar-refractivity contribution >= 4 is 16.7 Å². The van der Waals surface area contributed by atoms with E-state index in [1.807, 2.05) is 30.3 Å². The van der Waals surface area contributed by atoms with Crippen LogP contribution in [0, 0.1) is 0 Å². The molecule has 0 saturated carbocycles. The highest BCUT2D eigenvalue weighted by atomic mass is 16.5. The molecule has 1 fully saturated rings. The minimum absolute atomic E-state index is 0.0890. The molecule has 2 aromatic rings. The van der Waals surface area contributed by atoms with Crippen LogP contribution in [-0.4, -0.2) is 30.1 Å². The Bertz CT molecular complexity index is 631. The number of carbonyl (C=O) groups excluding carboxylic acids is 1. The van der Waals surface area contributed by atoms with Gasteiger partial charge in [0.15, 0.2) is 0 Å². The van der Waals surface area contributed by atoms with Crippen LogP contribution in [0.25, 0.3) is 10.8 Å². The van der Waals surface area contributed by atoms with E-state index in [0.29, 0.717) is 18.3 Å². The largest absolute Gasteiger partial charge is 0.378 e. The normalized spacial score (nSPS) is 17.7. The zero-order chi connectivity index (χ0) is 15.2. The van der Waals surface area contributed by atoms with Gasteiger partial charge in [-0.2, -0.15) is 0 Å². The molecule has 3 rings (SSSR count). The summed E-state index contributed by atoms with van der Waals surface area (Å²) in [6.45, 7) is 1.60. The van der Waals surface area contributed by atoms with Gasteiger partial charge in [0.25, 0.3) is 5.91 Å². The minimum atomic E-state index is -0.0890. The van der Waals surface area contributed by atoms with Gasteiger partial charge in [0.1, 0.15) is 5.69 Å². The second kappa shape index (κ2) is 7.36. The quantitative estimate of drug-likeness (QED) is 0.832. The van der Waals surface area contributed by atoms with Crippen molar-refractivity contribution in [1.82, 2.24) is 10.3 Å². The molecule has 0 aliphatic carbocycles. The SMILES string of the molecule is O=C(NCCCC[C@H]1CCCO1)c1nccc2ccccc12. The standard InChI is InChI=1S/C18H22N2O2/c21-18(20-11-4-3-7-15-8-5-13-22-15)17-16-9-2-1-6-14(16)10-12-19-17/h1-2,6,9-10,12,15H,3-5,7-8,11,13H2,(H,20,21)/t15-/m0/s1. The average Bonchev–Trinajstić information content (AvgIpc) is 3.07. The van der Waals surface area contributed by atoms with Crippen molar-refractivity contribution in [3.05, 3.63) is 42.2 Å². The van der Waals surface area contributed by atoms with E-state index in [2.05, 4.69) is 10.3 Å². The van der Waals surface area contributed by atoms with Crippen LogP contribution in [0.1, 0.15) is 42.6 Å². The number of fused-ring (bicyclic) bond motifs is 1. The molecule has 22 heavy (non-hydrogen) atoms. The molecule has 1 atom stereocenters. The number of ether oxygens (including phenoxy) is 1. The van der Waals surface area contributed by atoms with Crippen LogP contribution < -0.4 is 5.32 Å². The Kier molecular flexibility index (Phi) is 5.01. The van der Waals surface area contributed by atoms with E-state index in [9.17, 15) is 4.79 Å². The minimum Gasteiger partial charge on any atom is -0.378 e. The maximum atomic E-state index is 12.3. The van der Waals surface area contributed by atoms with Gasteiger partial charge in [-0.25, -0.2) is 0 Å². The summed E-state index contributed by atoms with van der Waals surface area (Å²) in [6, 6.07) is 9.76. The molecule has 0 radical (unpaired) electrons. The van der Waals surface area contributed by atoms with Crippen LogP contribution in [-0.2, 0) is 4.74 Å². The lowest BCUT2D eigenvalue weighted by molar-refractivity contribution is 0.0944. The first-order valence-electron chi connectivity index (χ1n) is 8.08. The van der Waals surface area contributed by atoms with Gasteiger partial charge in [-0.3, -0.25) is 9.78 Å². The van der Waals surface area contributed by atoms with Crippen LogP contribution >= 0.6 is 0 Å². The van der Waals surface area contributed by atoms with Crippen molar-refractivity contribution in [2.45, 2.75) is 38.2 Å². The van der Waals surface area contributed by atoms with Gasteiger partial charge < -0.3 is 10.1 Å². The monoisotopic (exact) mass is 298 g/mol. The molecule has 0 bridgehead atoms. The van der Waals surface area contributed by atoms with Crippen LogP contribution in [0.3, 0.4) is 0 Å². The van der Waals surface area contributed by atoms with E-state index in [1.54, 1.807) is 6.20 Å². The Labute approximate surface area is 130 Å². The van der Waals surface area contributed by atoms with Crippen LogP contribution in [0.4, 0.5) is 0 Å². The lowest BCUT2D eigenvalue weighted by Gasteiger charge is -2.09. The van der Waals surface area contributed by atoms with Gasteiger partial charge in [-0.1, -0.05) is 24.3 Å². The van der Waals surface area contributed by atoms with Gasteiger partial charge in [0, 0.05) is 24.7 Å². The highest BCUT2D eigenvalue weighted by Crippen LogP contribution is 2.18. The van der Waals surface area contributed by atoms with Gasteiger partial charge in [0.05, 0.1) is 6.10 Å². The number of rotatable bonds is 6. The van der Waals surface area contributed by atoms with Gasteiger partial charge >= 0.3 is 0 Å². The molecule has 1 saturated heterocycles. The summed E-state index contributed by atoms with van der Waals surface area (Å²) < 4.78 is 5.60. The number of hydrogen-bond donors (Lipinski definition) is 1. The molecular formula is C18H22N2O2. The van der Waals surface area contributed by atoms with E-state index in [-0.39, 0.29) is 5.91 Å². The maximum Gasteiger partial charge on any atom is 0.270 e. The molecule has 4 nitrogen and oxygen atoms in total. The number of nitrogens with one attached hydrogen (secondary N) is 1. The summed E-state index contributed by atoms with van der Waals surface area (Å²) >= 11 is 0. The first-order valence-corrected chi connectivity index (χ1v) is 8.08. The molecule has 1 aliphatic heterocycles. The third-order valence-corrected chi connectivity index (χ3v) is 4.15. The molecule has 0 unspecified atom stereocenters. The fourth-order valence-electron chi connectivity index (χ4n) is 2.96. The Morgan fingerprint density at radius 2 is 2.18 bits per heavy atom. The molecule has 2 heterocycles. The van der Waals surface area contributed by atoms with Crippen LogP contribution in [0.15, 0.2) is 36.5 Å². The molecule has 1 aromatic carbocycles. The second-order valence-corrected chi connectivity index (χ2v) is 5.77. The number of pyridine rings is 1. The van der Waals surface area contributed by atoms with Crippen molar-refractivity contribution in [2.75, 3.05) is 13.2 Å². The molecule has 116 valence electrons. The number of amides is 1. The Morgan fingerprint density at radius 3 is 3.05 bits per heavy atom. The zero-order valence-electron chi connectivity index (χ0n) is 12.8. The van der Waals surface area contributed by atoms with Gasteiger partial charge in [-0.15, -0.1) is 0 Å². The predicted octanol–water partition coefficient (Wildman–Crippen LogP) is 3.31. The summed E-state index contributed by atoms with van der Waals surface area (Å²) in [5, 5.41) is 4.92. The number of carbonyl (C=O) groups is 1. The van der Waals surface area contributed by atoms with E-state index in [1.165, 1.54) is 12.8 Å². The smallest absolute Gasteiger partial charge is 0.270 e. The number of aromatic nitrogens is 1. The number of benzene rings is 1. The lowest BCUT2D eigenvalue weighted by Crippen LogP contribution is -2.25. The van der Waals surface area contributed by atoms with Crippen LogP contribution in [0.5, 0.6) is 0 Å². The first-order chi connectivity index (χ1) is 10.8. The number of hydrogen-bond acceptors (Lipinski definition) is 3. The maximum absolute atomic E-state index is 12.3. The third-order valence-electron chi connectivity index (χ3n) is 4.15. The van der Waals surface area contributed by atoms with Crippen molar-refractivity contribution in [3.8, 4) is 0 Å². The predicted molar refractivity (Wildman–Crippen MR) is 86.9 cm³/mol. The van der Waals surface area contributed by atoms with Crippen LogP contribution in [0.2, 0.25) is 0 Å². The molecule has 1 aromatic heterocycles. The van der Waals surface area contributed by atoms with Crippen molar-refractivity contribution < 1.29 is 9.53 Å². The van der Waals surface area contributed by atoms with Gasteiger partial charge in [-0.05, 0) is 43.6 Å². The summed E-state index contributed by atoms with van der Waals surface area (Å²) in [5.41, 5.74) is 0.511. The van der Waals surface area contributed by atoms with Crippen molar-refractivity contribution in [3.63, 3.8) is 0 Å². The number of unbranched alkanes of at least 4 members (excludes halogenated alkanes) is 1. The molecule has 0 spiro atoms. The lowest BCUT2D eigenvalue weighted by atomic mass is 10.1. The Balaban J connectivity index is 1.48. The highest BCUT2D eigenvalue weighted by molar-refractivity contribution is 6.05. The summed E-state index contributed by atoms with van der Waals surface area (Å²) in [4.78, 5) is 16.5. The average molecular weight is 298 g/mol. The van der Waals surface area contributed by atoms with E-state index >= 15 is 0 Å². The second-order valence-electron chi connectivity index (χ2n) is 5.77. The highest BCUT2D eigenvalue weighted by Gasteiger charge is 2.15. The molecule has 1 aliphatic rings. The third kappa shape index (κ3) is 3.63. The van der Waals surface area contributed by atoms with Gasteiger partial charge in [0.2, 0.25) is 0 Å². The van der Waals surface area contributed by atoms with E-state index in [4.69, 9.17) is 4.74 Å².